The summed E-state index contributed by atoms with van der Waals surface area (Å²) in [5.74, 6) is -0.284. The van der Waals surface area contributed by atoms with Gasteiger partial charge in [-0.05, 0) is 6.42 Å². The Morgan fingerprint density at radius 2 is 2.23 bits per heavy atom. The van der Waals surface area contributed by atoms with Crippen molar-refractivity contribution in [3.63, 3.8) is 0 Å². The van der Waals surface area contributed by atoms with Gasteiger partial charge in [0.1, 0.15) is 0 Å². The summed E-state index contributed by atoms with van der Waals surface area (Å²) < 4.78 is 15.0. The zero-order valence-corrected chi connectivity index (χ0v) is 7.53. The van der Waals surface area contributed by atoms with Crippen molar-refractivity contribution >= 4 is 5.97 Å². The predicted octanol–water partition coefficient (Wildman–Crippen LogP) is 0.869. The van der Waals surface area contributed by atoms with E-state index in [9.17, 15) is 4.79 Å². The molecule has 74 valence electrons. The molecule has 0 aromatic heterocycles. The number of carbonyl (C=O) groups excluding carboxylic acids is 1. The first-order chi connectivity index (χ1) is 6.33. The summed E-state index contributed by atoms with van der Waals surface area (Å²) in [7, 11) is 0. The molecule has 1 heterocycles. The number of rotatable bonds is 5. The molecule has 0 amide bonds. The lowest BCUT2D eigenvalue weighted by Gasteiger charge is -2.07. The third-order valence-electron chi connectivity index (χ3n) is 1.61. The average Bonchev–Trinajstić information content (AvgIpc) is 2.57. The Kier molecular flexibility index (Phi) is 4.49. The van der Waals surface area contributed by atoms with Gasteiger partial charge in [-0.15, -0.1) is 6.58 Å². The minimum Gasteiger partial charge on any atom is -0.465 e. The van der Waals surface area contributed by atoms with Crippen molar-refractivity contribution in [1.82, 2.24) is 0 Å². The summed E-state index contributed by atoms with van der Waals surface area (Å²) in [6.45, 7) is 5.02. The SMILES string of the molecule is C=CCCOC(=O)CC1OCCO1. The summed E-state index contributed by atoms with van der Waals surface area (Å²) in [5.41, 5.74) is 0. The van der Waals surface area contributed by atoms with Crippen LogP contribution in [0.25, 0.3) is 0 Å². The summed E-state index contributed by atoms with van der Waals surface area (Å²) >= 11 is 0. The Morgan fingerprint density at radius 1 is 1.54 bits per heavy atom. The van der Waals surface area contributed by atoms with Crippen LogP contribution in [0.5, 0.6) is 0 Å². The highest BCUT2D eigenvalue weighted by Crippen LogP contribution is 2.08. The van der Waals surface area contributed by atoms with Gasteiger partial charge in [-0.2, -0.15) is 0 Å². The maximum Gasteiger partial charge on any atom is 0.310 e. The van der Waals surface area contributed by atoms with Crippen LogP contribution in [-0.2, 0) is 19.0 Å². The zero-order chi connectivity index (χ0) is 9.52. The van der Waals surface area contributed by atoms with E-state index in [0.717, 1.165) is 0 Å². The fourth-order valence-electron chi connectivity index (χ4n) is 0.976. The first-order valence-electron chi connectivity index (χ1n) is 4.32. The van der Waals surface area contributed by atoms with Crippen LogP contribution in [0.4, 0.5) is 0 Å². The number of hydrogen-bond donors (Lipinski definition) is 0. The Balaban J connectivity index is 2.05. The topological polar surface area (TPSA) is 44.8 Å². The van der Waals surface area contributed by atoms with Gasteiger partial charge in [-0.3, -0.25) is 4.79 Å². The van der Waals surface area contributed by atoms with Crippen molar-refractivity contribution in [2.45, 2.75) is 19.1 Å². The van der Waals surface area contributed by atoms with Crippen LogP contribution in [0.1, 0.15) is 12.8 Å². The van der Waals surface area contributed by atoms with E-state index < -0.39 is 6.29 Å². The zero-order valence-electron chi connectivity index (χ0n) is 7.53. The van der Waals surface area contributed by atoms with Crippen molar-refractivity contribution in [2.75, 3.05) is 19.8 Å². The highest BCUT2D eigenvalue weighted by atomic mass is 16.7. The predicted molar refractivity (Wildman–Crippen MR) is 46.1 cm³/mol. The van der Waals surface area contributed by atoms with Gasteiger partial charge in [0.15, 0.2) is 6.29 Å². The molecule has 4 nitrogen and oxygen atoms in total. The smallest absolute Gasteiger partial charge is 0.310 e. The molecule has 1 aliphatic heterocycles. The van der Waals surface area contributed by atoms with Gasteiger partial charge in [0.25, 0.3) is 0 Å². The normalized spacial score (nSPS) is 17.2. The van der Waals surface area contributed by atoms with Crippen molar-refractivity contribution < 1.29 is 19.0 Å². The number of carbonyl (C=O) groups is 1. The Morgan fingerprint density at radius 3 is 2.85 bits per heavy atom. The van der Waals surface area contributed by atoms with Crippen molar-refractivity contribution in [2.24, 2.45) is 0 Å². The Bertz CT molecular complexity index is 172. The van der Waals surface area contributed by atoms with Crippen molar-refractivity contribution in [3.8, 4) is 0 Å². The molecule has 0 atom stereocenters. The van der Waals surface area contributed by atoms with Gasteiger partial charge in [-0.1, -0.05) is 6.08 Å². The van der Waals surface area contributed by atoms with Crippen LogP contribution in [0.2, 0.25) is 0 Å². The molecule has 0 unspecified atom stereocenters. The van der Waals surface area contributed by atoms with Crippen LogP contribution in [0, 0.1) is 0 Å². The van der Waals surface area contributed by atoms with Crippen LogP contribution >= 0.6 is 0 Å². The minimum atomic E-state index is -0.406. The maximum atomic E-state index is 11.1. The number of hydrogen-bond acceptors (Lipinski definition) is 4. The molecule has 0 bridgehead atoms. The summed E-state index contributed by atoms with van der Waals surface area (Å²) in [5, 5.41) is 0. The molecule has 13 heavy (non-hydrogen) atoms. The Hall–Kier alpha value is -0.870. The minimum absolute atomic E-state index is 0.178. The first-order valence-corrected chi connectivity index (χ1v) is 4.32. The molecule has 0 radical (unpaired) electrons. The number of ether oxygens (including phenoxy) is 3. The lowest BCUT2D eigenvalue weighted by Crippen LogP contribution is -2.16. The lowest BCUT2D eigenvalue weighted by molar-refractivity contribution is -0.151. The molecular weight excluding hydrogens is 172 g/mol. The van der Waals surface area contributed by atoms with Gasteiger partial charge in [-0.25, -0.2) is 0 Å². The third-order valence-corrected chi connectivity index (χ3v) is 1.61. The molecule has 0 saturated carbocycles. The lowest BCUT2D eigenvalue weighted by atomic mass is 10.4. The molecule has 1 saturated heterocycles. The maximum absolute atomic E-state index is 11.1. The highest BCUT2D eigenvalue weighted by molar-refractivity contribution is 5.69. The molecule has 1 fully saturated rings. The van der Waals surface area contributed by atoms with E-state index in [2.05, 4.69) is 6.58 Å². The fraction of sp³-hybridized carbons (Fsp3) is 0.667. The average molecular weight is 186 g/mol. The van der Waals surface area contributed by atoms with Gasteiger partial charge >= 0.3 is 5.97 Å². The summed E-state index contributed by atoms with van der Waals surface area (Å²) in [6, 6.07) is 0. The van der Waals surface area contributed by atoms with Crippen LogP contribution in [-0.4, -0.2) is 32.1 Å². The van der Waals surface area contributed by atoms with E-state index in [1.54, 1.807) is 6.08 Å². The molecule has 0 aromatic rings. The molecule has 1 rings (SSSR count). The summed E-state index contributed by atoms with van der Waals surface area (Å²) in [4.78, 5) is 11.1. The molecule has 0 spiro atoms. The molecular formula is C9H14O4. The van der Waals surface area contributed by atoms with E-state index in [1.807, 2.05) is 0 Å². The van der Waals surface area contributed by atoms with Gasteiger partial charge in [0.2, 0.25) is 0 Å². The van der Waals surface area contributed by atoms with Crippen LogP contribution < -0.4 is 0 Å². The van der Waals surface area contributed by atoms with Gasteiger partial charge in [0, 0.05) is 0 Å². The van der Waals surface area contributed by atoms with E-state index >= 15 is 0 Å². The van der Waals surface area contributed by atoms with E-state index in [1.165, 1.54) is 0 Å². The second-order valence-corrected chi connectivity index (χ2v) is 2.67. The van der Waals surface area contributed by atoms with Gasteiger partial charge < -0.3 is 14.2 Å². The molecule has 0 N–H and O–H groups in total. The van der Waals surface area contributed by atoms with E-state index in [-0.39, 0.29) is 12.4 Å². The fourth-order valence-corrected chi connectivity index (χ4v) is 0.976. The largest absolute Gasteiger partial charge is 0.465 e. The molecule has 4 heteroatoms. The van der Waals surface area contributed by atoms with E-state index in [4.69, 9.17) is 14.2 Å². The second kappa shape index (κ2) is 5.72. The molecule has 1 aliphatic rings. The highest BCUT2D eigenvalue weighted by Gasteiger charge is 2.20. The van der Waals surface area contributed by atoms with Crippen LogP contribution in [0.15, 0.2) is 12.7 Å². The van der Waals surface area contributed by atoms with Gasteiger partial charge in [0.05, 0.1) is 26.2 Å². The quantitative estimate of drug-likeness (QED) is 0.363. The second-order valence-electron chi connectivity index (χ2n) is 2.67. The number of esters is 1. The first kappa shape index (κ1) is 10.2. The summed E-state index contributed by atoms with van der Waals surface area (Å²) in [6.07, 6.45) is 2.15. The Labute approximate surface area is 77.5 Å². The molecule has 0 aromatic carbocycles. The van der Waals surface area contributed by atoms with Crippen molar-refractivity contribution in [3.05, 3.63) is 12.7 Å². The van der Waals surface area contributed by atoms with E-state index in [0.29, 0.717) is 26.2 Å². The third kappa shape index (κ3) is 4.05. The van der Waals surface area contributed by atoms with Crippen molar-refractivity contribution in [1.29, 1.82) is 0 Å². The van der Waals surface area contributed by atoms with Crippen LogP contribution in [0.3, 0.4) is 0 Å². The standard InChI is InChI=1S/C9H14O4/c1-2-3-4-11-8(10)7-9-12-5-6-13-9/h2,9H,1,3-7H2. The molecule has 0 aliphatic carbocycles. The monoisotopic (exact) mass is 186 g/mol.